The molecule has 1 aromatic heterocycles. The molecule has 1 heterocycles. The first-order chi connectivity index (χ1) is 6.99. The predicted molar refractivity (Wildman–Crippen MR) is 60.3 cm³/mol. The summed E-state index contributed by atoms with van der Waals surface area (Å²) < 4.78 is 0. The zero-order valence-electron chi connectivity index (χ0n) is 8.95. The highest BCUT2D eigenvalue weighted by molar-refractivity contribution is 5.74. The Labute approximate surface area is 88.9 Å². The molecule has 5 N–H and O–H groups in total. The van der Waals surface area contributed by atoms with Crippen molar-refractivity contribution in [2.75, 3.05) is 11.1 Å². The van der Waals surface area contributed by atoms with Crippen LogP contribution in [0.2, 0.25) is 0 Å². The van der Waals surface area contributed by atoms with Gasteiger partial charge in [0, 0.05) is 12.5 Å². The molecule has 0 saturated carbocycles. The summed E-state index contributed by atoms with van der Waals surface area (Å²) in [7, 11) is 0. The smallest absolute Gasteiger partial charge is 0.219 e. The Morgan fingerprint density at radius 1 is 1.60 bits per heavy atom. The van der Waals surface area contributed by atoms with Crippen LogP contribution in [0.15, 0.2) is 12.1 Å². The minimum atomic E-state index is -0.331. The van der Waals surface area contributed by atoms with Crippen LogP contribution in [0.5, 0.6) is 0 Å². The highest BCUT2D eigenvalue weighted by atomic mass is 16.1. The van der Waals surface area contributed by atoms with Crippen LogP contribution in [0.3, 0.4) is 0 Å². The molecule has 0 aromatic carbocycles. The van der Waals surface area contributed by atoms with E-state index >= 15 is 0 Å². The summed E-state index contributed by atoms with van der Waals surface area (Å²) in [6.45, 7) is 3.71. The minimum absolute atomic E-state index is 0.0296. The lowest BCUT2D eigenvalue weighted by atomic mass is 10.2. The number of nitrogens with two attached hydrogens (primary N) is 2. The monoisotopic (exact) mass is 208 g/mol. The number of hydrogen-bond donors (Lipinski definition) is 3. The average Bonchev–Trinajstić information content (AvgIpc) is 2.10. The van der Waals surface area contributed by atoms with Gasteiger partial charge in [0.25, 0.3) is 0 Å². The third-order valence-electron chi connectivity index (χ3n) is 2.03. The molecule has 1 atom stereocenters. The van der Waals surface area contributed by atoms with Gasteiger partial charge in [0.15, 0.2) is 0 Å². The molecule has 1 unspecified atom stereocenters. The van der Waals surface area contributed by atoms with Crippen molar-refractivity contribution in [2.24, 2.45) is 5.73 Å². The number of primary amides is 1. The number of aryl methyl sites for hydroxylation is 1. The fraction of sp³-hybridized carbons (Fsp3) is 0.400. The summed E-state index contributed by atoms with van der Waals surface area (Å²) >= 11 is 0. The predicted octanol–water partition coefficient (Wildman–Crippen LogP) is 0.648. The maximum Gasteiger partial charge on any atom is 0.219 e. The number of anilines is 2. The fourth-order valence-electron chi connectivity index (χ4n) is 1.26. The van der Waals surface area contributed by atoms with Crippen LogP contribution in [0.25, 0.3) is 0 Å². The van der Waals surface area contributed by atoms with Crippen LogP contribution < -0.4 is 16.8 Å². The Kier molecular flexibility index (Phi) is 3.49. The number of pyridine rings is 1. The highest BCUT2D eigenvalue weighted by Crippen LogP contribution is 2.13. The third kappa shape index (κ3) is 3.46. The lowest BCUT2D eigenvalue weighted by molar-refractivity contribution is -0.118. The number of nitrogens with zero attached hydrogens (tertiary/aromatic N) is 1. The van der Waals surface area contributed by atoms with E-state index in [9.17, 15) is 4.79 Å². The standard InChI is InChI=1S/C10H16N4O/c1-6(5-9(12)15)13-10-4-3-8(11)7(2)14-10/h3-4,6H,5,11H2,1-2H3,(H2,12,15)(H,13,14). The van der Waals surface area contributed by atoms with E-state index in [1.165, 1.54) is 0 Å². The molecule has 15 heavy (non-hydrogen) atoms. The number of carbonyl (C=O) groups excluding carboxylic acids is 1. The van der Waals surface area contributed by atoms with Crippen molar-refractivity contribution >= 4 is 17.4 Å². The topological polar surface area (TPSA) is 94.0 Å². The van der Waals surface area contributed by atoms with E-state index in [0.717, 1.165) is 5.69 Å². The second-order valence-electron chi connectivity index (χ2n) is 3.59. The van der Waals surface area contributed by atoms with Crippen LogP contribution in [-0.2, 0) is 4.79 Å². The number of aromatic nitrogens is 1. The van der Waals surface area contributed by atoms with E-state index in [4.69, 9.17) is 11.5 Å². The second-order valence-corrected chi connectivity index (χ2v) is 3.59. The molecule has 0 spiro atoms. The molecule has 82 valence electrons. The number of carbonyl (C=O) groups is 1. The molecule has 0 aliphatic carbocycles. The maximum atomic E-state index is 10.7. The van der Waals surface area contributed by atoms with Gasteiger partial charge in [0.05, 0.1) is 11.4 Å². The molecule has 5 heteroatoms. The van der Waals surface area contributed by atoms with Crippen molar-refractivity contribution < 1.29 is 4.79 Å². The van der Waals surface area contributed by atoms with E-state index in [1.54, 1.807) is 12.1 Å². The van der Waals surface area contributed by atoms with Gasteiger partial charge in [-0.2, -0.15) is 0 Å². The molecular formula is C10H16N4O. The normalized spacial score (nSPS) is 12.1. The molecule has 1 rings (SSSR count). The average molecular weight is 208 g/mol. The fourth-order valence-corrected chi connectivity index (χ4v) is 1.26. The minimum Gasteiger partial charge on any atom is -0.397 e. The lowest BCUT2D eigenvalue weighted by Gasteiger charge is -2.13. The van der Waals surface area contributed by atoms with Gasteiger partial charge in [-0.15, -0.1) is 0 Å². The van der Waals surface area contributed by atoms with E-state index < -0.39 is 0 Å². The molecule has 0 radical (unpaired) electrons. The van der Waals surface area contributed by atoms with Gasteiger partial charge in [-0.1, -0.05) is 0 Å². The van der Waals surface area contributed by atoms with Crippen LogP contribution in [-0.4, -0.2) is 16.9 Å². The van der Waals surface area contributed by atoms with Gasteiger partial charge in [0.2, 0.25) is 5.91 Å². The molecule has 1 amide bonds. The van der Waals surface area contributed by atoms with Gasteiger partial charge in [-0.05, 0) is 26.0 Å². The van der Waals surface area contributed by atoms with Crippen molar-refractivity contribution in [3.05, 3.63) is 17.8 Å². The van der Waals surface area contributed by atoms with Gasteiger partial charge in [-0.25, -0.2) is 4.98 Å². The lowest BCUT2D eigenvalue weighted by Crippen LogP contribution is -2.24. The molecule has 0 bridgehead atoms. The summed E-state index contributed by atoms with van der Waals surface area (Å²) in [5, 5.41) is 3.07. The molecule has 0 aliphatic heterocycles. The zero-order chi connectivity index (χ0) is 11.4. The van der Waals surface area contributed by atoms with E-state index in [1.807, 2.05) is 13.8 Å². The van der Waals surface area contributed by atoms with Crippen LogP contribution in [0.1, 0.15) is 19.0 Å². The summed E-state index contributed by atoms with van der Waals surface area (Å²) in [6, 6.07) is 3.53. The SMILES string of the molecule is Cc1nc(NC(C)CC(N)=O)ccc1N. The van der Waals surface area contributed by atoms with Gasteiger partial charge in [-0.3, -0.25) is 4.79 Å². The first kappa shape index (κ1) is 11.3. The van der Waals surface area contributed by atoms with E-state index in [0.29, 0.717) is 11.5 Å². The number of nitrogen functional groups attached to an aromatic ring is 1. The summed E-state index contributed by atoms with van der Waals surface area (Å²) in [5.74, 6) is 0.373. The summed E-state index contributed by atoms with van der Waals surface area (Å²) in [4.78, 5) is 14.9. The van der Waals surface area contributed by atoms with Crippen LogP contribution in [0.4, 0.5) is 11.5 Å². The van der Waals surface area contributed by atoms with Crippen molar-refractivity contribution in [1.29, 1.82) is 0 Å². The summed E-state index contributed by atoms with van der Waals surface area (Å²) in [5.41, 5.74) is 12.1. The quantitative estimate of drug-likeness (QED) is 0.677. The maximum absolute atomic E-state index is 10.7. The Morgan fingerprint density at radius 2 is 2.27 bits per heavy atom. The molecular weight excluding hydrogens is 192 g/mol. The molecule has 0 fully saturated rings. The number of hydrogen-bond acceptors (Lipinski definition) is 4. The van der Waals surface area contributed by atoms with E-state index in [2.05, 4.69) is 10.3 Å². The van der Waals surface area contributed by atoms with E-state index in [-0.39, 0.29) is 18.4 Å². The second kappa shape index (κ2) is 4.63. The molecule has 0 saturated heterocycles. The largest absolute Gasteiger partial charge is 0.397 e. The number of rotatable bonds is 4. The highest BCUT2D eigenvalue weighted by Gasteiger charge is 2.06. The van der Waals surface area contributed by atoms with Crippen molar-refractivity contribution in [2.45, 2.75) is 26.3 Å². The van der Waals surface area contributed by atoms with Crippen molar-refractivity contribution in [1.82, 2.24) is 4.98 Å². The van der Waals surface area contributed by atoms with Crippen LogP contribution in [0, 0.1) is 6.92 Å². The van der Waals surface area contributed by atoms with Crippen LogP contribution >= 0.6 is 0 Å². The first-order valence-electron chi connectivity index (χ1n) is 4.77. The van der Waals surface area contributed by atoms with Gasteiger partial charge in [0.1, 0.15) is 5.82 Å². The Bertz CT molecular complexity index is 364. The Balaban J connectivity index is 2.64. The summed E-state index contributed by atoms with van der Waals surface area (Å²) in [6.07, 6.45) is 0.283. The number of nitrogens with one attached hydrogen (secondary N) is 1. The third-order valence-corrected chi connectivity index (χ3v) is 2.03. The Hall–Kier alpha value is -1.78. The Morgan fingerprint density at radius 3 is 2.80 bits per heavy atom. The van der Waals surface area contributed by atoms with Crippen molar-refractivity contribution in [3.63, 3.8) is 0 Å². The number of amides is 1. The molecule has 0 aliphatic rings. The zero-order valence-corrected chi connectivity index (χ0v) is 8.95. The van der Waals surface area contributed by atoms with Gasteiger partial charge >= 0.3 is 0 Å². The first-order valence-corrected chi connectivity index (χ1v) is 4.77. The molecule has 5 nitrogen and oxygen atoms in total. The van der Waals surface area contributed by atoms with Crippen molar-refractivity contribution in [3.8, 4) is 0 Å². The van der Waals surface area contributed by atoms with Gasteiger partial charge < -0.3 is 16.8 Å². The molecule has 1 aromatic rings.